The van der Waals surface area contributed by atoms with Crippen LogP contribution in [-0.2, 0) is 10.0 Å². The monoisotopic (exact) mass is 292 g/mol. The molecule has 0 saturated carbocycles. The third-order valence-corrected chi connectivity index (χ3v) is 6.92. The Morgan fingerprint density at radius 3 is 2.83 bits per heavy atom. The highest BCUT2D eigenvalue weighted by atomic mass is 32.2. The van der Waals surface area contributed by atoms with Crippen LogP contribution in [0.2, 0.25) is 0 Å². The average molecular weight is 292 g/mol. The lowest BCUT2D eigenvalue weighted by molar-refractivity contribution is 0.365. The van der Waals surface area contributed by atoms with Crippen LogP contribution in [0.3, 0.4) is 0 Å². The lowest BCUT2D eigenvalue weighted by Gasteiger charge is -2.37. The lowest BCUT2D eigenvalue weighted by Crippen LogP contribution is -2.48. The summed E-state index contributed by atoms with van der Waals surface area (Å²) in [6.45, 7) is 7.47. The minimum Gasteiger partial charge on any atom is -0.316 e. The highest BCUT2D eigenvalue weighted by molar-refractivity contribution is 8.00. The van der Waals surface area contributed by atoms with Gasteiger partial charge in [-0.2, -0.15) is 16.1 Å². The van der Waals surface area contributed by atoms with Crippen LogP contribution in [0, 0.1) is 5.92 Å². The summed E-state index contributed by atoms with van der Waals surface area (Å²) >= 11 is 1.87. The van der Waals surface area contributed by atoms with Gasteiger partial charge in [-0.1, -0.05) is 0 Å². The Kier molecular flexibility index (Phi) is 4.62. The van der Waals surface area contributed by atoms with Gasteiger partial charge in [0.05, 0.1) is 5.75 Å². The first-order chi connectivity index (χ1) is 8.39. The molecule has 6 heteroatoms. The Labute approximate surface area is 115 Å². The molecule has 1 unspecified atom stereocenters. The molecule has 0 aromatic rings. The molecule has 0 amide bonds. The van der Waals surface area contributed by atoms with Crippen molar-refractivity contribution in [2.45, 2.75) is 31.4 Å². The molecule has 18 heavy (non-hydrogen) atoms. The van der Waals surface area contributed by atoms with Gasteiger partial charge < -0.3 is 5.32 Å². The lowest BCUT2D eigenvalue weighted by atomic mass is 10.0. The number of piperidine rings is 1. The summed E-state index contributed by atoms with van der Waals surface area (Å²) < 4.78 is 26.6. The number of rotatable bonds is 3. The van der Waals surface area contributed by atoms with E-state index in [1.54, 1.807) is 4.31 Å². The molecule has 2 aliphatic rings. The first kappa shape index (κ1) is 14.6. The quantitative estimate of drug-likeness (QED) is 0.847. The van der Waals surface area contributed by atoms with Crippen LogP contribution in [-0.4, -0.2) is 55.2 Å². The molecule has 2 fully saturated rings. The van der Waals surface area contributed by atoms with Crippen molar-refractivity contribution in [1.29, 1.82) is 0 Å². The van der Waals surface area contributed by atoms with E-state index in [4.69, 9.17) is 0 Å². The van der Waals surface area contributed by atoms with Crippen molar-refractivity contribution in [2.75, 3.05) is 37.7 Å². The zero-order valence-electron chi connectivity index (χ0n) is 11.3. The standard InChI is InChI=1S/C12H24N2O2S2/c1-12(2)10-14(6-7-17-12)18(15,16)9-11-4-3-5-13-8-11/h11,13H,3-10H2,1-2H3. The zero-order valence-corrected chi connectivity index (χ0v) is 12.9. The van der Waals surface area contributed by atoms with Gasteiger partial charge in [0.15, 0.2) is 0 Å². The summed E-state index contributed by atoms with van der Waals surface area (Å²) in [6, 6.07) is 0. The van der Waals surface area contributed by atoms with Crippen molar-refractivity contribution in [3.8, 4) is 0 Å². The van der Waals surface area contributed by atoms with E-state index in [2.05, 4.69) is 19.2 Å². The van der Waals surface area contributed by atoms with Crippen LogP contribution in [0.25, 0.3) is 0 Å². The molecule has 2 rings (SSSR count). The zero-order chi connectivity index (χ0) is 13.2. The minimum absolute atomic E-state index is 0.0517. The van der Waals surface area contributed by atoms with Gasteiger partial charge in [0, 0.05) is 23.6 Å². The molecule has 0 bridgehead atoms. The first-order valence-electron chi connectivity index (χ1n) is 6.72. The molecule has 1 N–H and O–H groups in total. The van der Waals surface area contributed by atoms with Gasteiger partial charge >= 0.3 is 0 Å². The number of nitrogens with zero attached hydrogens (tertiary/aromatic N) is 1. The smallest absolute Gasteiger partial charge is 0.214 e. The van der Waals surface area contributed by atoms with Crippen LogP contribution in [0.15, 0.2) is 0 Å². The van der Waals surface area contributed by atoms with Crippen LogP contribution in [0.4, 0.5) is 0 Å². The molecule has 0 aromatic heterocycles. The van der Waals surface area contributed by atoms with Crippen molar-refractivity contribution in [3.63, 3.8) is 0 Å². The Morgan fingerprint density at radius 2 is 2.22 bits per heavy atom. The molecule has 2 heterocycles. The Hall–Kier alpha value is 0.220. The fourth-order valence-corrected chi connectivity index (χ4v) is 5.97. The van der Waals surface area contributed by atoms with E-state index >= 15 is 0 Å². The summed E-state index contributed by atoms with van der Waals surface area (Å²) in [5, 5.41) is 3.29. The highest BCUT2D eigenvalue weighted by Crippen LogP contribution is 2.31. The van der Waals surface area contributed by atoms with Gasteiger partial charge in [0.1, 0.15) is 0 Å². The predicted molar refractivity (Wildman–Crippen MR) is 77.5 cm³/mol. The predicted octanol–water partition coefficient (Wildman–Crippen LogP) is 1.14. The molecular formula is C12H24N2O2S2. The van der Waals surface area contributed by atoms with Crippen molar-refractivity contribution < 1.29 is 8.42 Å². The van der Waals surface area contributed by atoms with Crippen molar-refractivity contribution in [1.82, 2.24) is 9.62 Å². The Balaban J connectivity index is 1.97. The van der Waals surface area contributed by atoms with E-state index in [0.717, 1.165) is 31.7 Å². The maximum atomic E-state index is 12.4. The van der Waals surface area contributed by atoms with Crippen LogP contribution < -0.4 is 5.32 Å². The fourth-order valence-electron chi connectivity index (χ4n) is 2.68. The highest BCUT2D eigenvalue weighted by Gasteiger charge is 2.35. The molecule has 0 radical (unpaired) electrons. The number of thioether (sulfide) groups is 1. The van der Waals surface area contributed by atoms with Crippen LogP contribution >= 0.6 is 11.8 Å². The van der Waals surface area contributed by atoms with Crippen LogP contribution in [0.1, 0.15) is 26.7 Å². The van der Waals surface area contributed by atoms with E-state index in [1.807, 2.05) is 11.8 Å². The van der Waals surface area contributed by atoms with E-state index < -0.39 is 10.0 Å². The van der Waals surface area contributed by atoms with Crippen LogP contribution in [0.5, 0.6) is 0 Å². The molecule has 2 saturated heterocycles. The first-order valence-corrected chi connectivity index (χ1v) is 9.31. The molecule has 0 aromatic carbocycles. The maximum Gasteiger partial charge on any atom is 0.214 e. The average Bonchev–Trinajstić information content (AvgIpc) is 2.28. The number of sulfonamides is 1. The van der Waals surface area contributed by atoms with E-state index in [1.165, 1.54) is 0 Å². The molecule has 1 atom stereocenters. The van der Waals surface area contributed by atoms with Gasteiger partial charge in [-0.3, -0.25) is 0 Å². The molecule has 0 aliphatic carbocycles. The van der Waals surface area contributed by atoms with Gasteiger partial charge in [-0.05, 0) is 45.7 Å². The topological polar surface area (TPSA) is 49.4 Å². The van der Waals surface area contributed by atoms with Gasteiger partial charge in [0.25, 0.3) is 0 Å². The Bertz CT molecular complexity index is 376. The summed E-state index contributed by atoms with van der Waals surface area (Å²) in [4.78, 5) is 0. The second kappa shape index (κ2) is 5.69. The SMILES string of the molecule is CC1(C)CN(S(=O)(=O)CC2CCCNC2)CCS1. The third-order valence-electron chi connectivity index (χ3n) is 3.63. The second-order valence-corrected chi connectivity index (χ2v) is 9.75. The van der Waals surface area contributed by atoms with E-state index in [-0.39, 0.29) is 4.75 Å². The molecular weight excluding hydrogens is 268 g/mol. The van der Waals surface area contributed by atoms with E-state index in [0.29, 0.717) is 24.8 Å². The Morgan fingerprint density at radius 1 is 1.44 bits per heavy atom. The van der Waals surface area contributed by atoms with E-state index in [9.17, 15) is 8.42 Å². The van der Waals surface area contributed by atoms with Crippen molar-refractivity contribution in [2.24, 2.45) is 5.92 Å². The summed E-state index contributed by atoms with van der Waals surface area (Å²) in [7, 11) is -3.07. The number of nitrogens with one attached hydrogen (secondary N) is 1. The van der Waals surface area contributed by atoms with Gasteiger partial charge in [-0.15, -0.1) is 0 Å². The van der Waals surface area contributed by atoms with Gasteiger partial charge in [0.2, 0.25) is 10.0 Å². The number of hydrogen-bond acceptors (Lipinski definition) is 4. The van der Waals surface area contributed by atoms with Crippen molar-refractivity contribution in [3.05, 3.63) is 0 Å². The summed E-state index contributed by atoms with van der Waals surface area (Å²) in [5.41, 5.74) is 0. The molecule has 2 aliphatic heterocycles. The number of hydrogen-bond donors (Lipinski definition) is 1. The largest absolute Gasteiger partial charge is 0.316 e. The fraction of sp³-hybridized carbons (Fsp3) is 1.00. The minimum atomic E-state index is -3.07. The maximum absolute atomic E-state index is 12.4. The molecule has 4 nitrogen and oxygen atoms in total. The molecule has 106 valence electrons. The summed E-state index contributed by atoms with van der Waals surface area (Å²) in [6.07, 6.45) is 2.14. The third kappa shape index (κ3) is 3.85. The second-order valence-electron chi connectivity index (χ2n) is 5.93. The normalized spacial score (nSPS) is 30.2. The molecule has 0 spiro atoms. The summed E-state index contributed by atoms with van der Waals surface area (Å²) in [5.74, 6) is 1.53. The van der Waals surface area contributed by atoms with Crippen molar-refractivity contribution >= 4 is 21.8 Å². The van der Waals surface area contributed by atoms with Gasteiger partial charge in [-0.25, -0.2) is 8.42 Å².